The maximum atomic E-state index is 10.8. The smallest absolute Gasteiger partial charge is 0.331 e. The largest absolute Gasteiger partial charge is 0.466 e. The van der Waals surface area contributed by atoms with Crippen molar-refractivity contribution in [1.82, 2.24) is 4.90 Å². The number of hydrogen-bond donors (Lipinski definition) is 1. The molecule has 1 unspecified atom stereocenters. The van der Waals surface area contributed by atoms with Crippen molar-refractivity contribution in [3.8, 4) is 0 Å². The zero-order chi connectivity index (χ0) is 9.68. The monoisotopic (exact) mass is 184 g/mol. The number of piperidine rings is 1. The molecule has 4 nitrogen and oxygen atoms in total. The van der Waals surface area contributed by atoms with Crippen LogP contribution in [0.15, 0.2) is 12.3 Å². The molecule has 0 aromatic rings. The molecular formula is C9H16N2O2. The Kier molecular flexibility index (Phi) is 3.76. The molecule has 0 aromatic heterocycles. The van der Waals surface area contributed by atoms with Crippen molar-refractivity contribution < 1.29 is 9.53 Å². The molecule has 1 aliphatic heterocycles. The van der Waals surface area contributed by atoms with Crippen molar-refractivity contribution in [3.63, 3.8) is 0 Å². The summed E-state index contributed by atoms with van der Waals surface area (Å²) in [5.41, 5.74) is 5.77. The molecule has 4 heteroatoms. The van der Waals surface area contributed by atoms with E-state index in [1.165, 1.54) is 13.2 Å². The van der Waals surface area contributed by atoms with Crippen molar-refractivity contribution in [2.75, 3.05) is 20.2 Å². The first-order chi connectivity index (χ1) is 6.22. The summed E-state index contributed by atoms with van der Waals surface area (Å²) in [6.07, 6.45) is 5.35. The van der Waals surface area contributed by atoms with Crippen LogP contribution in [-0.4, -0.2) is 37.1 Å². The van der Waals surface area contributed by atoms with Gasteiger partial charge < -0.3 is 15.4 Å². The molecule has 1 aliphatic rings. The normalized spacial score (nSPS) is 23.5. The summed E-state index contributed by atoms with van der Waals surface area (Å²) < 4.78 is 4.48. The fourth-order valence-corrected chi connectivity index (χ4v) is 1.41. The van der Waals surface area contributed by atoms with Gasteiger partial charge in [0.2, 0.25) is 0 Å². The van der Waals surface area contributed by atoms with Gasteiger partial charge in [-0.3, -0.25) is 0 Å². The number of likely N-dealkylation sites (tertiary alicyclic amines) is 1. The maximum absolute atomic E-state index is 10.8. The van der Waals surface area contributed by atoms with E-state index < -0.39 is 0 Å². The summed E-state index contributed by atoms with van der Waals surface area (Å²) in [6.45, 7) is 1.80. The lowest BCUT2D eigenvalue weighted by molar-refractivity contribution is -0.134. The number of carbonyl (C=O) groups excluding carboxylic acids is 1. The first-order valence-corrected chi connectivity index (χ1v) is 4.48. The third kappa shape index (κ3) is 3.46. The molecule has 1 heterocycles. The van der Waals surface area contributed by atoms with E-state index in [9.17, 15) is 4.79 Å². The lowest BCUT2D eigenvalue weighted by Gasteiger charge is -2.29. The second kappa shape index (κ2) is 4.87. The number of esters is 1. The van der Waals surface area contributed by atoms with E-state index in [1.807, 2.05) is 4.90 Å². The van der Waals surface area contributed by atoms with E-state index in [-0.39, 0.29) is 12.0 Å². The van der Waals surface area contributed by atoms with Gasteiger partial charge in [0.25, 0.3) is 0 Å². The van der Waals surface area contributed by atoms with E-state index in [2.05, 4.69) is 4.74 Å². The fraction of sp³-hybridized carbons (Fsp3) is 0.667. The van der Waals surface area contributed by atoms with Crippen LogP contribution in [0, 0.1) is 0 Å². The molecule has 1 fully saturated rings. The first-order valence-electron chi connectivity index (χ1n) is 4.48. The zero-order valence-electron chi connectivity index (χ0n) is 7.90. The summed E-state index contributed by atoms with van der Waals surface area (Å²) in [5.74, 6) is -0.320. The Hall–Kier alpha value is -1.03. The second-order valence-electron chi connectivity index (χ2n) is 3.24. The van der Waals surface area contributed by atoms with Crippen LogP contribution in [0.5, 0.6) is 0 Å². The Morgan fingerprint density at radius 2 is 2.46 bits per heavy atom. The molecular weight excluding hydrogens is 168 g/mol. The minimum atomic E-state index is -0.320. The molecule has 0 spiro atoms. The molecule has 0 aromatic carbocycles. The number of nitrogens with zero attached hydrogens (tertiary/aromatic N) is 1. The van der Waals surface area contributed by atoms with E-state index in [0.717, 1.165) is 25.9 Å². The molecule has 74 valence electrons. The minimum absolute atomic E-state index is 0.232. The summed E-state index contributed by atoms with van der Waals surface area (Å²) in [4.78, 5) is 12.8. The second-order valence-corrected chi connectivity index (χ2v) is 3.24. The summed E-state index contributed by atoms with van der Waals surface area (Å²) in [7, 11) is 1.37. The summed E-state index contributed by atoms with van der Waals surface area (Å²) >= 11 is 0. The quantitative estimate of drug-likeness (QED) is 0.488. The van der Waals surface area contributed by atoms with Gasteiger partial charge in [-0.2, -0.15) is 0 Å². The van der Waals surface area contributed by atoms with Crippen molar-refractivity contribution in [3.05, 3.63) is 12.3 Å². The van der Waals surface area contributed by atoms with Crippen LogP contribution in [-0.2, 0) is 9.53 Å². The van der Waals surface area contributed by atoms with Crippen LogP contribution >= 0.6 is 0 Å². The highest BCUT2D eigenvalue weighted by molar-refractivity contribution is 5.81. The van der Waals surface area contributed by atoms with Gasteiger partial charge in [-0.15, -0.1) is 0 Å². The number of rotatable bonds is 2. The van der Waals surface area contributed by atoms with Crippen LogP contribution < -0.4 is 5.73 Å². The van der Waals surface area contributed by atoms with Crippen LogP contribution in [0.3, 0.4) is 0 Å². The highest BCUT2D eigenvalue weighted by atomic mass is 16.5. The van der Waals surface area contributed by atoms with Crippen molar-refractivity contribution in [1.29, 1.82) is 0 Å². The fourth-order valence-electron chi connectivity index (χ4n) is 1.41. The van der Waals surface area contributed by atoms with Crippen LogP contribution in [0.1, 0.15) is 12.8 Å². The standard InChI is InChI=1S/C9H16N2O2/c1-13-9(12)4-6-11-5-2-3-8(10)7-11/h4,6,8H,2-3,5,7,10H2,1H3/b6-4+. The third-order valence-corrected chi connectivity index (χ3v) is 2.11. The van der Waals surface area contributed by atoms with E-state index in [4.69, 9.17) is 5.73 Å². The Morgan fingerprint density at radius 3 is 3.08 bits per heavy atom. The van der Waals surface area contributed by atoms with Crippen LogP contribution in [0.25, 0.3) is 0 Å². The van der Waals surface area contributed by atoms with Crippen LogP contribution in [0.4, 0.5) is 0 Å². The Labute approximate surface area is 78.3 Å². The van der Waals surface area contributed by atoms with E-state index >= 15 is 0 Å². The predicted molar refractivity (Wildman–Crippen MR) is 49.9 cm³/mol. The molecule has 2 N–H and O–H groups in total. The van der Waals surface area contributed by atoms with E-state index in [1.54, 1.807) is 6.20 Å². The van der Waals surface area contributed by atoms with Gasteiger partial charge >= 0.3 is 5.97 Å². The van der Waals surface area contributed by atoms with E-state index in [0.29, 0.717) is 0 Å². The molecule has 0 bridgehead atoms. The average molecular weight is 184 g/mol. The molecule has 0 amide bonds. The molecule has 0 aliphatic carbocycles. The highest BCUT2D eigenvalue weighted by Crippen LogP contribution is 2.07. The highest BCUT2D eigenvalue weighted by Gasteiger charge is 2.13. The van der Waals surface area contributed by atoms with Gasteiger partial charge in [-0.05, 0) is 12.8 Å². The number of nitrogens with two attached hydrogens (primary N) is 1. The van der Waals surface area contributed by atoms with Gasteiger partial charge in [0.05, 0.1) is 7.11 Å². The molecule has 0 saturated carbocycles. The molecule has 1 saturated heterocycles. The summed E-state index contributed by atoms with van der Waals surface area (Å²) in [5, 5.41) is 0. The number of methoxy groups -OCH3 is 1. The van der Waals surface area contributed by atoms with Gasteiger partial charge in [0.15, 0.2) is 0 Å². The van der Waals surface area contributed by atoms with Crippen molar-refractivity contribution >= 4 is 5.97 Å². The third-order valence-electron chi connectivity index (χ3n) is 2.11. The summed E-state index contributed by atoms with van der Waals surface area (Å²) in [6, 6.07) is 0.232. The Balaban J connectivity index is 2.35. The van der Waals surface area contributed by atoms with Gasteiger partial charge in [0.1, 0.15) is 0 Å². The van der Waals surface area contributed by atoms with Gasteiger partial charge in [-0.25, -0.2) is 4.79 Å². The van der Waals surface area contributed by atoms with Crippen molar-refractivity contribution in [2.24, 2.45) is 5.73 Å². The molecule has 1 rings (SSSR count). The average Bonchev–Trinajstić information content (AvgIpc) is 2.14. The Bertz CT molecular complexity index is 204. The minimum Gasteiger partial charge on any atom is -0.466 e. The SMILES string of the molecule is COC(=O)/C=C/N1CCCC(N)C1. The first kappa shape index (κ1) is 10.1. The molecule has 0 radical (unpaired) electrons. The Morgan fingerprint density at radius 1 is 1.69 bits per heavy atom. The van der Waals surface area contributed by atoms with Crippen LogP contribution in [0.2, 0.25) is 0 Å². The van der Waals surface area contributed by atoms with Crippen molar-refractivity contribution in [2.45, 2.75) is 18.9 Å². The predicted octanol–water partition coefficient (Wildman–Crippen LogP) is 0.0962. The lowest BCUT2D eigenvalue weighted by atomic mass is 10.1. The zero-order valence-corrected chi connectivity index (χ0v) is 7.90. The topological polar surface area (TPSA) is 55.6 Å². The number of hydrogen-bond acceptors (Lipinski definition) is 4. The van der Waals surface area contributed by atoms with Gasteiger partial charge in [-0.1, -0.05) is 0 Å². The van der Waals surface area contributed by atoms with Gasteiger partial charge in [0, 0.05) is 31.4 Å². The molecule has 13 heavy (non-hydrogen) atoms. The number of carbonyl (C=O) groups is 1. The molecule has 1 atom stereocenters. The number of ether oxygens (including phenoxy) is 1. The lowest BCUT2D eigenvalue weighted by Crippen LogP contribution is -2.40. The maximum Gasteiger partial charge on any atom is 0.331 e.